The van der Waals surface area contributed by atoms with Gasteiger partial charge in [-0.05, 0) is 31.4 Å². The summed E-state index contributed by atoms with van der Waals surface area (Å²) in [6.07, 6.45) is 10.7. The van der Waals surface area contributed by atoms with E-state index in [0.717, 1.165) is 18.6 Å². The number of hydrogen-bond donors (Lipinski definition) is 1. The third-order valence-corrected chi connectivity index (χ3v) is 1.94. The third-order valence-electron chi connectivity index (χ3n) is 1.94. The quantitative estimate of drug-likeness (QED) is 0.671. The van der Waals surface area contributed by atoms with Gasteiger partial charge in [-0.3, -0.25) is 0 Å². The van der Waals surface area contributed by atoms with Crippen LogP contribution >= 0.6 is 0 Å². The van der Waals surface area contributed by atoms with Crippen LogP contribution in [0.5, 0.6) is 0 Å². The maximum Gasteiger partial charge on any atom is 0.112 e. The zero-order valence-electron chi connectivity index (χ0n) is 8.12. The molecule has 1 aliphatic carbocycles. The first-order valence-electron chi connectivity index (χ1n) is 4.68. The van der Waals surface area contributed by atoms with Gasteiger partial charge in [0.2, 0.25) is 0 Å². The number of hydrogen-bond acceptors (Lipinski definition) is 2. The molecule has 0 atom stereocenters. The van der Waals surface area contributed by atoms with Gasteiger partial charge in [0.15, 0.2) is 0 Å². The lowest BCUT2D eigenvalue weighted by Crippen LogP contribution is -2.00. The van der Waals surface area contributed by atoms with Gasteiger partial charge in [-0.15, -0.1) is 0 Å². The van der Waals surface area contributed by atoms with Gasteiger partial charge in [-0.1, -0.05) is 18.2 Å². The molecular weight excluding hydrogens is 162 g/mol. The van der Waals surface area contributed by atoms with Gasteiger partial charge in [0.25, 0.3) is 0 Å². The fourth-order valence-corrected chi connectivity index (χ4v) is 1.20. The van der Waals surface area contributed by atoms with Crippen LogP contribution in [-0.2, 0) is 4.74 Å². The summed E-state index contributed by atoms with van der Waals surface area (Å²) in [6.45, 7) is 3.14. The highest BCUT2D eigenvalue weighted by molar-refractivity contribution is 5.22. The van der Waals surface area contributed by atoms with Crippen LogP contribution in [0.1, 0.15) is 19.8 Å². The molecule has 0 bridgehead atoms. The van der Waals surface area contributed by atoms with Crippen molar-refractivity contribution in [3.8, 4) is 0 Å². The van der Waals surface area contributed by atoms with Crippen molar-refractivity contribution in [3.05, 3.63) is 35.6 Å². The molecule has 0 saturated carbocycles. The lowest BCUT2D eigenvalue weighted by Gasteiger charge is -2.09. The average molecular weight is 179 g/mol. The highest BCUT2D eigenvalue weighted by Crippen LogP contribution is 2.10. The molecule has 0 fully saturated rings. The SMILES string of the molecule is C/C(=C\CN)OCC1=CCCC=C1. The second-order valence-electron chi connectivity index (χ2n) is 3.10. The Morgan fingerprint density at radius 1 is 1.62 bits per heavy atom. The van der Waals surface area contributed by atoms with Crippen LogP contribution in [-0.4, -0.2) is 13.2 Å². The summed E-state index contributed by atoms with van der Waals surface area (Å²) in [6, 6.07) is 0. The molecule has 2 nitrogen and oxygen atoms in total. The molecule has 0 aromatic rings. The summed E-state index contributed by atoms with van der Waals surface area (Å²) in [5.74, 6) is 0.905. The van der Waals surface area contributed by atoms with Crippen molar-refractivity contribution in [1.82, 2.24) is 0 Å². The molecule has 0 spiro atoms. The summed E-state index contributed by atoms with van der Waals surface area (Å²) in [4.78, 5) is 0. The van der Waals surface area contributed by atoms with Crippen molar-refractivity contribution in [2.75, 3.05) is 13.2 Å². The molecule has 0 heterocycles. The van der Waals surface area contributed by atoms with Crippen molar-refractivity contribution in [2.24, 2.45) is 5.73 Å². The normalized spacial score (nSPS) is 17.1. The monoisotopic (exact) mass is 179 g/mol. The smallest absolute Gasteiger partial charge is 0.112 e. The van der Waals surface area contributed by atoms with Crippen LogP contribution in [0.2, 0.25) is 0 Å². The Hall–Kier alpha value is -1.02. The predicted octanol–water partition coefficient (Wildman–Crippen LogP) is 2.14. The fourth-order valence-electron chi connectivity index (χ4n) is 1.20. The number of nitrogens with two attached hydrogens (primary N) is 1. The molecule has 72 valence electrons. The molecular formula is C11H17NO. The Bertz CT molecular complexity index is 238. The summed E-state index contributed by atoms with van der Waals surface area (Å²) in [5, 5.41) is 0. The van der Waals surface area contributed by atoms with Crippen LogP contribution in [0.15, 0.2) is 35.6 Å². The molecule has 2 N–H and O–H groups in total. The van der Waals surface area contributed by atoms with Crippen LogP contribution in [0.4, 0.5) is 0 Å². The van der Waals surface area contributed by atoms with Gasteiger partial charge < -0.3 is 10.5 Å². The van der Waals surface area contributed by atoms with E-state index in [2.05, 4.69) is 18.2 Å². The second kappa shape index (κ2) is 5.60. The zero-order chi connectivity index (χ0) is 9.52. The average Bonchev–Trinajstić information content (AvgIpc) is 2.17. The Kier molecular flexibility index (Phi) is 4.33. The maximum atomic E-state index is 5.48. The first-order valence-corrected chi connectivity index (χ1v) is 4.68. The molecule has 0 aliphatic heterocycles. The Morgan fingerprint density at radius 2 is 2.46 bits per heavy atom. The maximum absolute atomic E-state index is 5.48. The van der Waals surface area contributed by atoms with E-state index in [4.69, 9.17) is 10.5 Å². The van der Waals surface area contributed by atoms with E-state index in [1.54, 1.807) is 0 Å². The van der Waals surface area contributed by atoms with Gasteiger partial charge in [-0.2, -0.15) is 0 Å². The number of rotatable bonds is 4. The summed E-state index contributed by atoms with van der Waals surface area (Å²) < 4.78 is 5.48. The van der Waals surface area contributed by atoms with Crippen molar-refractivity contribution >= 4 is 0 Å². The van der Waals surface area contributed by atoms with Crippen molar-refractivity contribution in [3.63, 3.8) is 0 Å². The lowest BCUT2D eigenvalue weighted by atomic mass is 10.1. The molecule has 0 radical (unpaired) electrons. The standard InChI is InChI=1S/C11H17NO/c1-10(7-8-12)13-9-11-5-3-2-4-6-11/h3,5-7H,2,4,8-9,12H2,1H3/b10-7+. The molecule has 0 aromatic carbocycles. The van der Waals surface area contributed by atoms with E-state index in [0.29, 0.717) is 13.2 Å². The molecule has 0 saturated heterocycles. The van der Waals surface area contributed by atoms with E-state index in [-0.39, 0.29) is 0 Å². The van der Waals surface area contributed by atoms with Gasteiger partial charge in [0.1, 0.15) is 6.61 Å². The van der Waals surface area contributed by atoms with E-state index in [1.807, 2.05) is 13.0 Å². The van der Waals surface area contributed by atoms with Gasteiger partial charge in [0.05, 0.1) is 5.76 Å². The molecule has 13 heavy (non-hydrogen) atoms. The van der Waals surface area contributed by atoms with Crippen LogP contribution < -0.4 is 5.73 Å². The van der Waals surface area contributed by atoms with Gasteiger partial charge in [0, 0.05) is 6.54 Å². The van der Waals surface area contributed by atoms with E-state index in [9.17, 15) is 0 Å². The molecule has 0 amide bonds. The van der Waals surface area contributed by atoms with Crippen molar-refractivity contribution in [2.45, 2.75) is 19.8 Å². The van der Waals surface area contributed by atoms with Crippen molar-refractivity contribution < 1.29 is 4.74 Å². The lowest BCUT2D eigenvalue weighted by molar-refractivity contribution is 0.242. The van der Waals surface area contributed by atoms with Crippen molar-refractivity contribution in [1.29, 1.82) is 0 Å². The topological polar surface area (TPSA) is 35.2 Å². The van der Waals surface area contributed by atoms with Crippen LogP contribution in [0.25, 0.3) is 0 Å². The molecule has 0 unspecified atom stereocenters. The Balaban J connectivity index is 2.29. The fraction of sp³-hybridized carbons (Fsp3) is 0.455. The highest BCUT2D eigenvalue weighted by Gasteiger charge is 1.97. The van der Waals surface area contributed by atoms with E-state index < -0.39 is 0 Å². The largest absolute Gasteiger partial charge is 0.494 e. The Labute approximate surface area is 79.8 Å². The molecule has 1 aliphatic rings. The third kappa shape index (κ3) is 3.95. The first kappa shape index (κ1) is 10.1. The minimum Gasteiger partial charge on any atom is -0.494 e. The number of allylic oxidation sites excluding steroid dienone is 3. The van der Waals surface area contributed by atoms with Crippen LogP contribution in [0.3, 0.4) is 0 Å². The predicted molar refractivity (Wildman–Crippen MR) is 55.2 cm³/mol. The van der Waals surface area contributed by atoms with E-state index in [1.165, 1.54) is 5.57 Å². The molecule has 2 heteroatoms. The molecule has 1 rings (SSSR count). The van der Waals surface area contributed by atoms with E-state index >= 15 is 0 Å². The highest BCUT2D eigenvalue weighted by atomic mass is 16.5. The van der Waals surface area contributed by atoms with Gasteiger partial charge in [-0.25, -0.2) is 0 Å². The molecule has 0 aromatic heterocycles. The van der Waals surface area contributed by atoms with Crippen LogP contribution in [0, 0.1) is 0 Å². The number of ether oxygens (including phenoxy) is 1. The first-order chi connectivity index (χ1) is 6.33. The minimum absolute atomic E-state index is 0.542. The summed E-state index contributed by atoms with van der Waals surface area (Å²) in [5.41, 5.74) is 6.61. The minimum atomic E-state index is 0.542. The summed E-state index contributed by atoms with van der Waals surface area (Å²) in [7, 11) is 0. The second-order valence-corrected chi connectivity index (χ2v) is 3.10. The zero-order valence-corrected chi connectivity index (χ0v) is 8.12. The Morgan fingerprint density at radius 3 is 3.08 bits per heavy atom. The summed E-state index contributed by atoms with van der Waals surface area (Å²) >= 11 is 0. The van der Waals surface area contributed by atoms with Gasteiger partial charge >= 0.3 is 0 Å².